The molecule has 1 nitrogen and oxygen atoms in total. The second kappa shape index (κ2) is 7.33. The van der Waals surface area contributed by atoms with Crippen LogP contribution in [0, 0.1) is 0 Å². The lowest BCUT2D eigenvalue weighted by Gasteiger charge is -2.20. The summed E-state index contributed by atoms with van der Waals surface area (Å²) in [7, 11) is 0. The molecule has 0 radical (unpaired) electrons. The first-order chi connectivity index (χ1) is 10.4. The molecule has 0 saturated heterocycles. The van der Waals surface area contributed by atoms with E-state index in [1.54, 1.807) is 0 Å². The van der Waals surface area contributed by atoms with E-state index in [1.165, 1.54) is 47.8 Å². The standard InChI is InChI=1S/C19H25NS/c1-2-20-19(14-21-18-9-5-6-10-18)17-12-11-15-7-3-4-8-16(15)13-17/h3-4,7-8,11-13,18-20H,2,5-6,9-10,14H2,1H3. The third-order valence-electron chi connectivity index (χ3n) is 4.43. The van der Waals surface area contributed by atoms with Crippen LogP contribution in [0.4, 0.5) is 0 Å². The van der Waals surface area contributed by atoms with Crippen molar-refractivity contribution in [3.63, 3.8) is 0 Å². The van der Waals surface area contributed by atoms with Crippen LogP contribution in [0.5, 0.6) is 0 Å². The molecule has 1 N–H and O–H groups in total. The van der Waals surface area contributed by atoms with Crippen LogP contribution >= 0.6 is 11.8 Å². The van der Waals surface area contributed by atoms with E-state index in [2.05, 4.69) is 66.5 Å². The highest BCUT2D eigenvalue weighted by Gasteiger charge is 2.18. The minimum atomic E-state index is 0.477. The summed E-state index contributed by atoms with van der Waals surface area (Å²) in [5, 5.41) is 7.25. The van der Waals surface area contributed by atoms with E-state index in [0.717, 1.165) is 11.8 Å². The van der Waals surface area contributed by atoms with Crippen molar-refractivity contribution in [3.8, 4) is 0 Å². The molecule has 1 saturated carbocycles. The Morgan fingerprint density at radius 3 is 2.62 bits per heavy atom. The number of benzene rings is 2. The van der Waals surface area contributed by atoms with Crippen LogP contribution in [0.25, 0.3) is 10.8 Å². The average molecular weight is 299 g/mol. The normalized spacial score (nSPS) is 17.4. The van der Waals surface area contributed by atoms with E-state index in [-0.39, 0.29) is 0 Å². The molecule has 0 spiro atoms. The summed E-state index contributed by atoms with van der Waals surface area (Å²) in [6.45, 7) is 3.23. The summed E-state index contributed by atoms with van der Waals surface area (Å²) >= 11 is 2.17. The van der Waals surface area contributed by atoms with Crippen molar-refractivity contribution >= 4 is 22.5 Å². The topological polar surface area (TPSA) is 12.0 Å². The van der Waals surface area contributed by atoms with Gasteiger partial charge in [-0.1, -0.05) is 56.2 Å². The molecule has 21 heavy (non-hydrogen) atoms. The van der Waals surface area contributed by atoms with Crippen LogP contribution < -0.4 is 5.32 Å². The van der Waals surface area contributed by atoms with Gasteiger partial charge in [-0.25, -0.2) is 0 Å². The quantitative estimate of drug-likeness (QED) is 0.790. The second-order valence-electron chi connectivity index (χ2n) is 5.96. The van der Waals surface area contributed by atoms with Gasteiger partial charge in [0.1, 0.15) is 0 Å². The first kappa shape index (κ1) is 14.9. The van der Waals surface area contributed by atoms with Gasteiger partial charge in [-0.2, -0.15) is 11.8 Å². The van der Waals surface area contributed by atoms with Crippen LogP contribution in [0.2, 0.25) is 0 Å². The van der Waals surface area contributed by atoms with E-state index < -0.39 is 0 Å². The summed E-state index contributed by atoms with van der Waals surface area (Å²) < 4.78 is 0. The van der Waals surface area contributed by atoms with Crippen molar-refractivity contribution in [2.24, 2.45) is 0 Å². The number of thioether (sulfide) groups is 1. The van der Waals surface area contributed by atoms with Gasteiger partial charge in [-0.3, -0.25) is 0 Å². The van der Waals surface area contributed by atoms with E-state index in [1.807, 2.05) is 0 Å². The van der Waals surface area contributed by atoms with Gasteiger partial charge in [0.25, 0.3) is 0 Å². The van der Waals surface area contributed by atoms with Crippen LogP contribution in [-0.2, 0) is 0 Å². The molecule has 112 valence electrons. The van der Waals surface area contributed by atoms with Crippen molar-refractivity contribution in [2.75, 3.05) is 12.3 Å². The predicted molar refractivity (Wildman–Crippen MR) is 95.1 cm³/mol. The second-order valence-corrected chi connectivity index (χ2v) is 7.29. The van der Waals surface area contributed by atoms with Crippen LogP contribution in [-0.4, -0.2) is 17.5 Å². The van der Waals surface area contributed by atoms with E-state index in [0.29, 0.717) is 6.04 Å². The molecule has 1 fully saturated rings. The lowest BCUT2D eigenvalue weighted by Crippen LogP contribution is -2.23. The average Bonchev–Trinajstić information content (AvgIpc) is 3.04. The molecule has 3 rings (SSSR count). The van der Waals surface area contributed by atoms with Crippen molar-refractivity contribution in [1.29, 1.82) is 0 Å². The Morgan fingerprint density at radius 1 is 1.10 bits per heavy atom. The highest BCUT2D eigenvalue weighted by molar-refractivity contribution is 7.99. The minimum Gasteiger partial charge on any atom is -0.310 e. The molecule has 0 aliphatic heterocycles. The first-order valence-electron chi connectivity index (χ1n) is 8.20. The molecular weight excluding hydrogens is 274 g/mol. The summed E-state index contributed by atoms with van der Waals surface area (Å²) in [5.41, 5.74) is 1.43. The Bertz CT molecular complexity index is 575. The van der Waals surface area contributed by atoms with E-state index in [9.17, 15) is 0 Å². The number of hydrogen-bond acceptors (Lipinski definition) is 2. The molecule has 0 amide bonds. The molecule has 0 bridgehead atoms. The molecule has 0 aromatic heterocycles. The summed E-state index contributed by atoms with van der Waals surface area (Å²) in [4.78, 5) is 0. The smallest absolute Gasteiger partial charge is 0.0412 e. The van der Waals surface area contributed by atoms with Gasteiger partial charge < -0.3 is 5.32 Å². The fourth-order valence-corrected chi connectivity index (χ4v) is 4.67. The van der Waals surface area contributed by atoms with Gasteiger partial charge in [0.2, 0.25) is 0 Å². The Kier molecular flexibility index (Phi) is 5.21. The number of hydrogen-bond donors (Lipinski definition) is 1. The molecule has 2 aromatic rings. The van der Waals surface area contributed by atoms with Gasteiger partial charge in [0.05, 0.1) is 0 Å². The third kappa shape index (κ3) is 3.81. The van der Waals surface area contributed by atoms with Crippen LogP contribution in [0.1, 0.15) is 44.2 Å². The molecule has 0 heterocycles. The lowest BCUT2D eigenvalue weighted by atomic mass is 10.0. The van der Waals surface area contributed by atoms with Gasteiger partial charge in [-0.15, -0.1) is 0 Å². The molecule has 2 aromatic carbocycles. The highest BCUT2D eigenvalue weighted by Crippen LogP contribution is 2.32. The van der Waals surface area contributed by atoms with E-state index in [4.69, 9.17) is 0 Å². The Hall–Kier alpha value is -0.990. The highest BCUT2D eigenvalue weighted by atomic mass is 32.2. The third-order valence-corrected chi connectivity index (χ3v) is 5.90. The van der Waals surface area contributed by atoms with Gasteiger partial charge in [0.15, 0.2) is 0 Å². The molecular formula is C19H25NS. The maximum Gasteiger partial charge on any atom is 0.0412 e. The summed E-state index contributed by atoms with van der Waals surface area (Å²) in [6.07, 6.45) is 5.70. The lowest BCUT2D eigenvalue weighted by molar-refractivity contribution is 0.605. The molecule has 2 heteroatoms. The fourth-order valence-electron chi connectivity index (χ4n) is 3.23. The fraction of sp³-hybridized carbons (Fsp3) is 0.474. The van der Waals surface area contributed by atoms with Crippen molar-refractivity contribution < 1.29 is 0 Å². The monoisotopic (exact) mass is 299 g/mol. The van der Waals surface area contributed by atoms with E-state index >= 15 is 0 Å². The predicted octanol–water partition coefficient (Wildman–Crippen LogP) is 5.17. The van der Waals surface area contributed by atoms with Crippen LogP contribution in [0.3, 0.4) is 0 Å². The number of rotatable bonds is 6. The zero-order chi connectivity index (χ0) is 14.5. The number of fused-ring (bicyclic) bond motifs is 1. The summed E-state index contributed by atoms with van der Waals surface area (Å²) in [5.74, 6) is 1.19. The molecule has 1 unspecified atom stereocenters. The Labute approximate surface area is 132 Å². The first-order valence-corrected chi connectivity index (χ1v) is 9.25. The van der Waals surface area contributed by atoms with Crippen molar-refractivity contribution in [1.82, 2.24) is 5.32 Å². The zero-order valence-electron chi connectivity index (χ0n) is 12.8. The minimum absolute atomic E-state index is 0.477. The Morgan fingerprint density at radius 2 is 1.86 bits per heavy atom. The Balaban J connectivity index is 1.74. The molecule has 1 aliphatic rings. The maximum atomic E-state index is 3.67. The van der Waals surface area contributed by atoms with Gasteiger partial charge in [0, 0.05) is 17.0 Å². The SMILES string of the molecule is CCNC(CSC1CCCC1)c1ccc2ccccc2c1. The molecule has 1 atom stereocenters. The van der Waals surface area contributed by atoms with Crippen LogP contribution in [0.15, 0.2) is 42.5 Å². The van der Waals surface area contributed by atoms with Gasteiger partial charge in [-0.05, 0) is 41.8 Å². The number of nitrogens with one attached hydrogen (secondary N) is 1. The van der Waals surface area contributed by atoms with Gasteiger partial charge >= 0.3 is 0 Å². The largest absolute Gasteiger partial charge is 0.310 e. The van der Waals surface area contributed by atoms with Crippen molar-refractivity contribution in [3.05, 3.63) is 48.0 Å². The zero-order valence-corrected chi connectivity index (χ0v) is 13.7. The molecule has 1 aliphatic carbocycles. The maximum absolute atomic E-state index is 3.67. The van der Waals surface area contributed by atoms with Crippen molar-refractivity contribution in [2.45, 2.75) is 43.9 Å². The summed E-state index contributed by atoms with van der Waals surface area (Å²) in [6, 6.07) is 16.0.